The molecule has 0 fully saturated rings. The van der Waals surface area contributed by atoms with E-state index in [2.05, 4.69) is 15.3 Å². The zero-order chi connectivity index (χ0) is 25.9. The van der Waals surface area contributed by atoms with Gasteiger partial charge in [-0.05, 0) is 30.5 Å². The minimum atomic E-state index is -1.03. The molecule has 1 aromatic heterocycles. The van der Waals surface area contributed by atoms with Crippen molar-refractivity contribution in [3.63, 3.8) is 0 Å². The number of nitrogens with two attached hydrogens (primary N) is 2. The second kappa shape index (κ2) is 13.3. The first-order chi connectivity index (χ1) is 17.4. The van der Waals surface area contributed by atoms with Gasteiger partial charge in [0.15, 0.2) is 11.5 Å². The van der Waals surface area contributed by atoms with Crippen molar-refractivity contribution in [2.24, 2.45) is 11.7 Å². The molecule has 1 aliphatic rings. The number of allylic oxidation sites excluding steroid dienone is 3. The summed E-state index contributed by atoms with van der Waals surface area (Å²) in [6.07, 6.45) is 5.82. The molecule has 6 N–H and O–H groups in total. The molecule has 1 heterocycles. The van der Waals surface area contributed by atoms with Gasteiger partial charge in [0.2, 0.25) is 0 Å². The molecule has 1 atom stereocenters. The summed E-state index contributed by atoms with van der Waals surface area (Å²) < 4.78 is 16.6. The lowest BCUT2D eigenvalue weighted by molar-refractivity contribution is 0.0296. The zero-order valence-corrected chi connectivity index (χ0v) is 20.1. The normalized spacial score (nSPS) is 15.1. The third-order valence-electron chi connectivity index (χ3n) is 5.23. The Morgan fingerprint density at radius 3 is 2.50 bits per heavy atom. The molecule has 0 saturated heterocycles. The van der Waals surface area contributed by atoms with Gasteiger partial charge in [-0.15, -0.1) is 0 Å². The standard InChI is InChI=1S/C25H31N5O6/c1-16-2-7-21(36-13-12-35-11-10-34-9-8-26)19(14-16)30-24(31)22-23(27)28-15-20(29-22)17-3-5-18(6-4-17)25(32)33/h2-7,15-16H,8-14,26H2,1H3,(H2,27,28)(H,30,31)(H,32,33). The lowest BCUT2D eigenvalue weighted by Gasteiger charge is -2.21. The van der Waals surface area contributed by atoms with Crippen LogP contribution in [-0.4, -0.2) is 66.5 Å². The van der Waals surface area contributed by atoms with Gasteiger partial charge in [-0.3, -0.25) is 4.79 Å². The van der Waals surface area contributed by atoms with Crippen LogP contribution in [0.15, 0.2) is 54.1 Å². The molecule has 2 aromatic rings. The third-order valence-corrected chi connectivity index (χ3v) is 5.23. The maximum Gasteiger partial charge on any atom is 0.335 e. The number of carboxylic acid groups (broad SMARTS) is 1. The SMILES string of the molecule is CC1C=CC(OCCOCCOCCN)=C(NC(=O)c2nc(-c3ccc(C(=O)O)cc3)cnc2N)C1. The molecule has 0 spiro atoms. The molecule has 0 saturated carbocycles. The summed E-state index contributed by atoms with van der Waals surface area (Å²) >= 11 is 0. The van der Waals surface area contributed by atoms with Gasteiger partial charge in [-0.25, -0.2) is 14.8 Å². The topological polar surface area (TPSA) is 172 Å². The van der Waals surface area contributed by atoms with Gasteiger partial charge >= 0.3 is 5.97 Å². The predicted octanol–water partition coefficient (Wildman–Crippen LogP) is 1.97. The number of carbonyl (C=O) groups is 2. The minimum absolute atomic E-state index is 0.0221. The highest BCUT2D eigenvalue weighted by Gasteiger charge is 2.21. The average molecular weight is 498 g/mol. The Hall–Kier alpha value is -3.80. The van der Waals surface area contributed by atoms with E-state index in [4.69, 9.17) is 30.8 Å². The summed E-state index contributed by atoms with van der Waals surface area (Å²) in [5.74, 6) is -0.834. The number of nitrogens with one attached hydrogen (secondary N) is 1. The molecule has 3 rings (SSSR count). The lowest BCUT2D eigenvalue weighted by Crippen LogP contribution is -2.28. The molecule has 0 bridgehead atoms. The fraction of sp³-hybridized carbons (Fsp3) is 0.360. The van der Waals surface area contributed by atoms with Gasteiger partial charge in [0.25, 0.3) is 5.91 Å². The van der Waals surface area contributed by atoms with E-state index in [-0.39, 0.29) is 23.0 Å². The van der Waals surface area contributed by atoms with E-state index in [9.17, 15) is 9.59 Å². The second-order valence-corrected chi connectivity index (χ2v) is 8.07. The number of hydrogen-bond acceptors (Lipinski definition) is 9. The van der Waals surface area contributed by atoms with Crippen molar-refractivity contribution in [2.75, 3.05) is 45.3 Å². The van der Waals surface area contributed by atoms with Gasteiger partial charge in [0.05, 0.1) is 49.6 Å². The van der Waals surface area contributed by atoms with Crippen LogP contribution in [0.25, 0.3) is 11.3 Å². The maximum atomic E-state index is 13.1. The zero-order valence-electron chi connectivity index (χ0n) is 20.1. The summed E-state index contributed by atoms with van der Waals surface area (Å²) in [5, 5.41) is 11.9. The minimum Gasteiger partial charge on any atom is -0.489 e. The lowest BCUT2D eigenvalue weighted by atomic mass is 9.99. The third kappa shape index (κ3) is 7.60. The van der Waals surface area contributed by atoms with Gasteiger partial charge in [-0.1, -0.05) is 25.1 Å². The number of ether oxygens (including phenoxy) is 3. The van der Waals surface area contributed by atoms with E-state index in [1.807, 2.05) is 19.1 Å². The predicted molar refractivity (Wildman–Crippen MR) is 133 cm³/mol. The number of aromatic nitrogens is 2. The number of carboxylic acids is 1. The number of anilines is 1. The molecule has 1 aromatic carbocycles. The van der Waals surface area contributed by atoms with Gasteiger partial charge in [-0.2, -0.15) is 0 Å². The molecule has 0 aliphatic heterocycles. The van der Waals surface area contributed by atoms with Crippen LogP contribution in [0.3, 0.4) is 0 Å². The monoisotopic (exact) mass is 497 g/mol. The number of nitrogen functional groups attached to an aromatic ring is 1. The van der Waals surface area contributed by atoms with Crippen molar-refractivity contribution in [3.8, 4) is 11.3 Å². The Bertz CT molecular complexity index is 1120. The first-order valence-electron chi connectivity index (χ1n) is 11.6. The quantitative estimate of drug-likeness (QED) is 0.300. The molecule has 192 valence electrons. The summed E-state index contributed by atoms with van der Waals surface area (Å²) in [6, 6.07) is 6.10. The van der Waals surface area contributed by atoms with Crippen LogP contribution >= 0.6 is 0 Å². The Kier molecular flexibility index (Phi) is 9.92. The highest BCUT2D eigenvalue weighted by Crippen LogP contribution is 2.24. The molecule has 36 heavy (non-hydrogen) atoms. The smallest absolute Gasteiger partial charge is 0.335 e. The molecule has 1 amide bonds. The number of hydrogen-bond donors (Lipinski definition) is 4. The van der Waals surface area contributed by atoms with E-state index in [1.54, 1.807) is 12.1 Å². The number of amides is 1. The van der Waals surface area contributed by atoms with Crippen LogP contribution < -0.4 is 16.8 Å². The molecule has 1 unspecified atom stereocenters. The van der Waals surface area contributed by atoms with Crippen LogP contribution in [0.5, 0.6) is 0 Å². The van der Waals surface area contributed by atoms with Gasteiger partial charge in [0.1, 0.15) is 12.4 Å². The largest absolute Gasteiger partial charge is 0.489 e. The van der Waals surface area contributed by atoms with E-state index < -0.39 is 11.9 Å². The van der Waals surface area contributed by atoms with Crippen molar-refractivity contribution in [3.05, 3.63) is 65.3 Å². The average Bonchev–Trinajstić information content (AvgIpc) is 2.87. The van der Waals surface area contributed by atoms with Crippen LogP contribution in [-0.2, 0) is 14.2 Å². The van der Waals surface area contributed by atoms with E-state index in [0.717, 1.165) is 0 Å². The van der Waals surface area contributed by atoms with Crippen molar-refractivity contribution < 1.29 is 28.9 Å². The Labute approximate surface area is 209 Å². The Balaban J connectivity index is 1.66. The molecule has 1 aliphatic carbocycles. The molecular formula is C25H31N5O6. The number of nitrogens with zero attached hydrogens (tertiary/aromatic N) is 2. The highest BCUT2D eigenvalue weighted by molar-refractivity contribution is 5.98. The van der Waals surface area contributed by atoms with E-state index >= 15 is 0 Å². The van der Waals surface area contributed by atoms with Crippen molar-refractivity contribution in [1.82, 2.24) is 15.3 Å². The maximum absolute atomic E-state index is 13.1. The van der Waals surface area contributed by atoms with Crippen LogP contribution in [0.4, 0.5) is 5.82 Å². The molecular weight excluding hydrogens is 466 g/mol. The van der Waals surface area contributed by atoms with Crippen LogP contribution in [0.2, 0.25) is 0 Å². The first-order valence-corrected chi connectivity index (χ1v) is 11.6. The molecule has 0 radical (unpaired) electrons. The van der Waals surface area contributed by atoms with Gasteiger partial charge in [0, 0.05) is 12.1 Å². The summed E-state index contributed by atoms with van der Waals surface area (Å²) in [4.78, 5) is 32.6. The van der Waals surface area contributed by atoms with Crippen LogP contribution in [0.1, 0.15) is 34.2 Å². The van der Waals surface area contributed by atoms with Crippen molar-refractivity contribution >= 4 is 17.7 Å². The number of carbonyl (C=O) groups excluding carboxylic acids is 1. The number of benzene rings is 1. The second-order valence-electron chi connectivity index (χ2n) is 8.07. The van der Waals surface area contributed by atoms with Crippen molar-refractivity contribution in [2.45, 2.75) is 13.3 Å². The first kappa shape index (κ1) is 26.8. The Morgan fingerprint density at radius 1 is 1.11 bits per heavy atom. The van der Waals surface area contributed by atoms with E-state index in [1.165, 1.54) is 18.3 Å². The van der Waals surface area contributed by atoms with Crippen molar-refractivity contribution in [1.29, 1.82) is 0 Å². The number of rotatable bonds is 13. The van der Waals surface area contributed by atoms with Crippen LogP contribution in [0, 0.1) is 5.92 Å². The van der Waals surface area contributed by atoms with Gasteiger partial charge < -0.3 is 36.1 Å². The fourth-order valence-electron chi connectivity index (χ4n) is 3.39. The summed E-state index contributed by atoms with van der Waals surface area (Å²) in [7, 11) is 0. The summed E-state index contributed by atoms with van der Waals surface area (Å²) in [6.45, 7) is 4.55. The molecule has 11 nitrogen and oxygen atoms in total. The fourth-order valence-corrected chi connectivity index (χ4v) is 3.39. The molecule has 11 heteroatoms. The number of aromatic carboxylic acids is 1. The summed E-state index contributed by atoms with van der Waals surface area (Å²) in [5.41, 5.74) is 13.0. The van der Waals surface area contributed by atoms with E-state index in [0.29, 0.717) is 68.7 Å². The highest BCUT2D eigenvalue weighted by atomic mass is 16.5. The Morgan fingerprint density at radius 2 is 1.81 bits per heavy atom.